The second-order valence-electron chi connectivity index (χ2n) is 7.38. The molecular formula is C22H20N2O3S. The molecule has 1 amide bonds. The van der Waals surface area contributed by atoms with Crippen molar-refractivity contribution in [3.8, 4) is 0 Å². The lowest BCUT2D eigenvalue weighted by atomic mass is 9.97. The molecule has 2 aromatic carbocycles. The fourth-order valence-corrected chi connectivity index (χ4v) is 5.22. The number of carbonyl (C=O) groups excluding carboxylic acids is 2. The second kappa shape index (κ2) is 7.02. The number of esters is 1. The molecule has 2 atom stereocenters. The highest BCUT2D eigenvalue weighted by molar-refractivity contribution is 7.18. The number of rotatable bonds is 3. The number of fused-ring (bicyclic) bond motifs is 2. The Morgan fingerprint density at radius 2 is 2.00 bits per heavy atom. The molecule has 1 saturated heterocycles. The first kappa shape index (κ1) is 17.4. The van der Waals surface area contributed by atoms with Gasteiger partial charge in [-0.1, -0.05) is 30.3 Å². The molecule has 142 valence electrons. The maximum atomic E-state index is 12.9. The van der Waals surface area contributed by atoms with Crippen LogP contribution in [0.15, 0.2) is 48.5 Å². The summed E-state index contributed by atoms with van der Waals surface area (Å²) in [7, 11) is 0. The number of amides is 1. The Balaban J connectivity index is 1.30. The Labute approximate surface area is 166 Å². The number of likely N-dealkylation sites (tertiary alicyclic amines) is 1. The van der Waals surface area contributed by atoms with E-state index in [2.05, 4.69) is 6.07 Å². The lowest BCUT2D eigenvalue weighted by Gasteiger charge is -2.32. The van der Waals surface area contributed by atoms with Gasteiger partial charge in [-0.25, -0.2) is 9.78 Å². The molecule has 3 aromatic rings. The molecule has 0 N–H and O–H groups in total. The number of hydrogen-bond acceptors (Lipinski definition) is 5. The average molecular weight is 392 g/mol. The minimum Gasteiger partial charge on any atom is -0.453 e. The van der Waals surface area contributed by atoms with E-state index >= 15 is 0 Å². The number of hydrogen-bond donors (Lipinski definition) is 0. The van der Waals surface area contributed by atoms with Crippen LogP contribution in [-0.2, 0) is 9.53 Å². The SMILES string of the molecule is O=C1O[C@H](CC(=O)N2CCC[C@H](c3nc4ccccc4s3)C2)c2ccccc21. The van der Waals surface area contributed by atoms with E-state index in [9.17, 15) is 9.59 Å². The Morgan fingerprint density at radius 3 is 2.89 bits per heavy atom. The van der Waals surface area contributed by atoms with E-state index in [-0.39, 0.29) is 24.2 Å². The van der Waals surface area contributed by atoms with Crippen LogP contribution in [0.5, 0.6) is 0 Å². The van der Waals surface area contributed by atoms with Gasteiger partial charge in [0.15, 0.2) is 0 Å². The summed E-state index contributed by atoms with van der Waals surface area (Å²) >= 11 is 1.72. The van der Waals surface area contributed by atoms with Crippen LogP contribution in [0.2, 0.25) is 0 Å². The number of aromatic nitrogens is 1. The highest BCUT2D eigenvalue weighted by Crippen LogP contribution is 2.36. The number of carbonyl (C=O) groups is 2. The molecule has 0 unspecified atom stereocenters. The number of piperidine rings is 1. The average Bonchev–Trinajstić information content (AvgIpc) is 3.30. The first-order valence-corrected chi connectivity index (χ1v) is 10.4. The summed E-state index contributed by atoms with van der Waals surface area (Å²) < 4.78 is 6.64. The number of para-hydroxylation sites is 1. The molecule has 2 aliphatic rings. The molecule has 0 spiro atoms. The van der Waals surface area contributed by atoms with Crippen molar-refractivity contribution >= 4 is 33.4 Å². The summed E-state index contributed by atoms with van der Waals surface area (Å²) in [6.07, 6.45) is 1.74. The van der Waals surface area contributed by atoms with E-state index in [0.29, 0.717) is 12.1 Å². The summed E-state index contributed by atoms with van der Waals surface area (Å²) in [6, 6.07) is 15.5. The summed E-state index contributed by atoms with van der Waals surface area (Å²) in [5, 5.41) is 1.11. The first-order chi connectivity index (χ1) is 13.7. The summed E-state index contributed by atoms with van der Waals surface area (Å²) in [6.45, 7) is 1.43. The number of benzene rings is 2. The van der Waals surface area contributed by atoms with Gasteiger partial charge in [-0.05, 0) is 31.0 Å². The van der Waals surface area contributed by atoms with E-state index in [0.717, 1.165) is 35.5 Å². The summed E-state index contributed by atoms with van der Waals surface area (Å²) in [4.78, 5) is 31.6. The molecule has 5 rings (SSSR count). The number of nitrogens with zero attached hydrogens (tertiary/aromatic N) is 2. The van der Waals surface area contributed by atoms with Gasteiger partial charge in [0.2, 0.25) is 5.91 Å². The van der Waals surface area contributed by atoms with E-state index < -0.39 is 6.10 Å². The highest BCUT2D eigenvalue weighted by atomic mass is 32.1. The minimum atomic E-state index is -0.473. The predicted octanol–water partition coefficient (Wildman–Crippen LogP) is 4.30. The van der Waals surface area contributed by atoms with Crippen LogP contribution in [-0.4, -0.2) is 34.8 Å². The van der Waals surface area contributed by atoms with Crippen molar-refractivity contribution in [2.45, 2.75) is 31.3 Å². The fourth-order valence-electron chi connectivity index (χ4n) is 4.13. The van der Waals surface area contributed by atoms with Gasteiger partial charge in [0, 0.05) is 24.6 Å². The van der Waals surface area contributed by atoms with Crippen LogP contribution in [0.3, 0.4) is 0 Å². The Bertz CT molecular complexity index is 1030. The largest absolute Gasteiger partial charge is 0.453 e. The number of thiazole rings is 1. The Hall–Kier alpha value is -2.73. The van der Waals surface area contributed by atoms with E-state index in [1.54, 1.807) is 17.4 Å². The van der Waals surface area contributed by atoms with Crippen molar-refractivity contribution in [2.24, 2.45) is 0 Å². The van der Waals surface area contributed by atoms with Gasteiger partial charge in [-0.2, -0.15) is 0 Å². The van der Waals surface area contributed by atoms with Crippen LogP contribution in [0, 0.1) is 0 Å². The van der Waals surface area contributed by atoms with Crippen molar-refractivity contribution in [3.63, 3.8) is 0 Å². The summed E-state index contributed by atoms with van der Waals surface area (Å²) in [5.74, 6) is -0.0202. The van der Waals surface area contributed by atoms with Crippen molar-refractivity contribution in [3.05, 3.63) is 64.7 Å². The first-order valence-electron chi connectivity index (χ1n) is 9.62. The standard InChI is InChI=1S/C22H20N2O3S/c25-20(12-18-15-7-1-2-8-16(15)22(26)27-18)24-11-5-6-14(13-24)21-23-17-9-3-4-10-19(17)28-21/h1-4,7-10,14,18H,5-6,11-13H2/t14-,18+/m0/s1. The maximum absolute atomic E-state index is 12.9. The zero-order chi connectivity index (χ0) is 19.1. The molecular weight excluding hydrogens is 372 g/mol. The molecule has 0 aliphatic carbocycles. The molecule has 6 heteroatoms. The molecule has 3 heterocycles. The third kappa shape index (κ3) is 3.07. The van der Waals surface area contributed by atoms with E-state index in [4.69, 9.17) is 9.72 Å². The number of cyclic esters (lactones) is 1. The smallest absolute Gasteiger partial charge is 0.339 e. The van der Waals surface area contributed by atoms with Gasteiger partial charge in [-0.3, -0.25) is 4.79 Å². The third-order valence-electron chi connectivity index (χ3n) is 5.57. The van der Waals surface area contributed by atoms with E-state index in [1.165, 1.54) is 4.70 Å². The second-order valence-corrected chi connectivity index (χ2v) is 8.45. The van der Waals surface area contributed by atoms with Crippen LogP contribution < -0.4 is 0 Å². The molecule has 2 aliphatic heterocycles. The molecule has 5 nitrogen and oxygen atoms in total. The topological polar surface area (TPSA) is 59.5 Å². The minimum absolute atomic E-state index is 0.0420. The molecule has 28 heavy (non-hydrogen) atoms. The molecule has 1 aromatic heterocycles. The highest BCUT2D eigenvalue weighted by Gasteiger charge is 2.34. The zero-order valence-electron chi connectivity index (χ0n) is 15.3. The molecule has 0 radical (unpaired) electrons. The summed E-state index contributed by atoms with van der Waals surface area (Å²) in [5.41, 5.74) is 2.42. The normalized spacial score (nSPS) is 21.6. The van der Waals surface area contributed by atoms with Gasteiger partial charge in [0.1, 0.15) is 6.10 Å². The van der Waals surface area contributed by atoms with Crippen LogP contribution >= 0.6 is 11.3 Å². The predicted molar refractivity (Wildman–Crippen MR) is 107 cm³/mol. The maximum Gasteiger partial charge on any atom is 0.339 e. The molecule has 1 fully saturated rings. The van der Waals surface area contributed by atoms with Crippen molar-refractivity contribution < 1.29 is 14.3 Å². The van der Waals surface area contributed by atoms with E-state index in [1.807, 2.05) is 41.3 Å². The lowest BCUT2D eigenvalue weighted by Crippen LogP contribution is -2.39. The molecule has 0 bridgehead atoms. The molecule has 0 saturated carbocycles. The van der Waals surface area contributed by atoms with Crippen LogP contribution in [0.4, 0.5) is 0 Å². The van der Waals surface area contributed by atoms with Gasteiger partial charge in [-0.15, -0.1) is 11.3 Å². The Morgan fingerprint density at radius 1 is 1.18 bits per heavy atom. The zero-order valence-corrected chi connectivity index (χ0v) is 16.2. The van der Waals surface area contributed by atoms with Crippen molar-refractivity contribution in [1.82, 2.24) is 9.88 Å². The third-order valence-corrected chi connectivity index (χ3v) is 6.77. The monoisotopic (exact) mass is 392 g/mol. The van der Waals surface area contributed by atoms with Gasteiger partial charge in [0.25, 0.3) is 0 Å². The van der Waals surface area contributed by atoms with Gasteiger partial charge in [0.05, 0.1) is 27.2 Å². The van der Waals surface area contributed by atoms with Crippen LogP contribution in [0.25, 0.3) is 10.2 Å². The van der Waals surface area contributed by atoms with Gasteiger partial charge < -0.3 is 9.64 Å². The number of ether oxygens (including phenoxy) is 1. The quantitative estimate of drug-likeness (QED) is 0.624. The van der Waals surface area contributed by atoms with Gasteiger partial charge >= 0.3 is 5.97 Å². The van der Waals surface area contributed by atoms with Crippen LogP contribution in [0.1, 0.15) is 52.2 Å². The van der Waals surface area contributed by atoms with Crippen molar-refractivity contribution in [1.29, 1.82) is 0 Å². The fraction of sp³-hybridized carbons (Fsp3) is 0.318. The lowest BCUT2D eigenvalue weighted by molar-refractivity contribution is -0.134. The Kier molecular flexibility index (Phi) is 4.36. The van der Waals surface area contributed by atoms with Crippen molar-refractivity contribution in [2.75, 3.05) is 13.1 Å².